The summed E-state index contributed by atoms with van der Waals surface area (Å²) in [5.74, 6) is -0.121. The molecule has 5 heteroatoms. The van der Waals surface area contributed by atoms with Crippen LogP contribution in [0.2, 0.25) is 0 Å². The number of nitrogens with two attached hydrogens (primary N) is 1. The molecular formula is C13H18N4O. The van der Waals surface area contributed by atoms with Crippen LogP contribution in [0.3, 0.4) is 0 Å². The van der Waals surface area contributed by atoms with Crippen molar-refractivity contribution >= 4 is 17.3 Å². The van der Waals surface area contributed by atoms with Crippen LogP contribution < -0.4 is 16.4 Å². The number of nitrogens with zero attached hydrogens (tertiary/aromatic N) is 1. The van der Waals surface area contributed by atoms with Gasteiger partial charge in [-0.3, -0.25) is 4.79 Å². The molecule has 0 saturated heterocycles. The van der Waals surface area contributed by atoms with Gasteiger partial charge in [0, 0.05) is 5.54 Å². The number of carbonyl (C=O) groups excluding carboxylic acids is 1. The maximum Gasteiger partial charge on any atom is 0.239 e. The Morgan fingerprint density at radius 3 is 2.67 bits per heavy atom. The van der Waals surface area contributed by atoms with Crippen molar-refractivity contribution in [2.45, 2.75) is 26.3 Å². The lowest BCUT2D eigenvalue weighted by molar-refractivity contribution is -0.120. The average Bonchev–Trinajstić information content (AvgIpc) is 2.25. The number of anilines is 2. The normalized spacial score (nSPS) is 10.6. The van der Waals surface area contributed by atoms with Gasteiger partial charge in [0.15, 0.2) is 0 Å². The van der Waals surface area contributed by atoms with E-state index < -0.39 is 0 Å². The first-order valence-electron chi connectivity index (χ1n) is 5.66. The van der Waals surface area contributed by atoms with Crippen molar-refractivity contribution in [3.63, 3.8) is 0 Å². The molecule has 0 radical (unpaired) electrons. The highest BCUT2D eigenvalue weighted by Crippen LogP contribution is 2.19. The molecule has 0 unspecified atom stereocenters. The summed E-state index contributed by atoms with van der Waals surface area (Å²) in [5, 5.41) is 14.5. The summed E-state index contributed by atoms with van der Waals surface area (Å²) in [5.41, 5.74) is 7.10. The van der Waals surface area contributed by atoms with Crippen molar-refractivity contribution in [2.75, 3.05) is 17.6 Å². The second kappa shape index (κ2) is 5.41. The van der Waals surface area contributed by atoms with E-state index in [2.05, 4.69) is 10.6 Å². The van der Waals surface area contributed by atoms with Crippen LogP contribution in [0.25, 0.3) is 0 Å². The Morgan fingerprint density at radius 1 is 1.44 bits per heavy atom. The molecule has 1 aromatic rings. The van der Waals surface area contributed by atoms with Crippen LogP contribution in [-0.2, 0) is 4.79 Å². The highest BCUT2D eigenvalue weighted by atomic mass is 16.2. The van der Waals surface area contributed by atoms with E-state index in [-0.39, 0.29) is 18.0 Å². The van der Waals surface area contributed by atoms with Gasteiger partial charge in [0.1, 0.15) is 0 Å². The number of hydrogen-bond donors (Lipinski definition) is 3. The Hall–Kier alpha value is -2.22. The summed E-state index contributed by atoms with van der Waals surface area (Å²) in [4.78, 5) is 11.6. The summed E-state index contributed by atoms with van der Waals surface area (Å²) >= 11 is 0. The smallest absolute Gasteiger partial charge is 0.239 e. The van der Waals surface area contributed by atoms with Crippen molar-refractivity contribution in [1.29, 1.82) is 5.26 Å². The molecule has 5 nitrogen and oxygen atoms in total. The number of nitrogens with one attached hydrogen (secondary N) is 2. The van der Waals surface area contributed by atoms with Crippen molar-refractivity contribution in [2.24, 2.45) is 0 Å². The quantitative estimate of drug-likeness (QED) is 0.704. The zero-order valence-electron chi connectivity index (χ0n) is 10.9. The number of nitriles is 1. The van der Waals surface area contributed by atoms with Crippen molar-refractivity contribution in [3.8, 4) is 6.07 Å². The Bertz CT molecular complexity index is 483. The second-order valence-electron chi connectivity index (χ2n) is 5.07. The van der Waals surface area contributed by atoms with E-state index in [0.29, 0.717) is 16.9 Å². The molecule has 96 valence electrons. The molecule has 0 aliphatic carbocycles. The Labute approximate surface area is 107 Å². The fourth-order valence-corrected chi connectivity index (χ4v) is 1.42. The molecule has 0 aliphatic rings. The van der Waals surface area contributed by atoms with Gasteiger partial charge in [0.2, 0.25) is 5.91 Å². The van der Waals surface area contributed by atoms with Crippen LogP contribution in [0, 0.1) is 11.3 Å². The largest absolute Gasteiger partial charge is 0.397 e. The Morgan fingerprint density at radius 2 is 2.11 bits per heavy atom. The number of carbonyl (C=O) groups is 1. The topological polar surface area (TPSA) is 90.9 Å². The van der Waals surface area contributed by atoms with E-state index in [0.717, 1.165) is 0 Å². The van der Waals surface area contributed by atoms with Gasteiger partial charge in [-0.2, -0.15) is 5.26 Å². The first kappa shape index (κ1) is 13.8. The number of amides is 1. The van der Waals surface area contributed by atoms with E-state index in [1.54, 1.807) is 18.2 Å². The summed E-state index contributed by atoms with van der Waals surface area (Å²) in [6.45, 7) is 5.86. The van der Waals surface area contributed by atoms with Gasteiger partial charge in [0.05, 0.1) is 29.6 Å². The summed E-state index contributed by atoms with van der Waals surface area (Å²) in [6.07, 6.45) is 0. The standard InChI is InChI=1S/C13H18N4O/c1-13(2,3)17-12(18)8-16-11-6-9(7-14)4-5-10(11)15/h4-6,16H,8,15H2,1-3H3,(H,17,18). The highest BCUT2D eigenvalue weighted by molar-refractivity contribution is 5.82. The third-order valence-electron chi connectivity index (χ3n) is 2.14. The summed E-state index contributed by atoms with van der Waals surface area (Å²) in [7, 11) is 0. The van der Waals surface area contributed by atoms with Gasteiger partial charge in [-0.1, -0.05) is 0 Å². The molecule has 0 fully saturated rings. The molecule has 1 rings (SSSR count). The first-order chi connectivity index (χ1) is 8.31. The number of benzene rings is 1. The van der Waals surface area contributed by atoms with E-state index >= 15 is 0 Å². The molecule has 0 aromatic heterocycles. The minimum absolute atomic E-state index is 0.121. The van der Waals surface area contributed by atoms with Gasteiger partial charge < -0.3 is 16.4 Å². The predicted octanol–water partition coefficient (Wildman–Crippen LogP) is 1.47. The lowest BCUT2D eigenvalue weighted by Gasteiger charge is -2.21. The van der Waals surface area contributed by atoms with Crippen LogP contribution in [0.1, 0.15) is 26.3 Å². The van der Waals surface area contributed by atoms with Crippen molar-refractivity contribution < 1.29 is 4.79 Å². The third kappa shape index (κ3) is 4.34. The minimum Gasteiger partial charge on any atom is -0.397 e. The summed E-state index contributed by atoms with van der Waals surface area (Å²) in [6, 6.07) is 6.93. The molecule has 0 atom stereocenters. The fraction of sp³-hybridized carbons (Fsp3) is 0.385. The second-order valence-corrected chi connectivity index (χ2v) is 5.07. The number of nitrogen functional groups attached to an aromatic ring is 1. The van der Waals surface area contributed by atoms with E-state index in [4.69, 9.17) is 11.0 Å². The van der Waals surface area contributed by atoms with Crippen LogP contribution >= 0.6 is 0 Å². The molecule has 0 spiro atoms. The van der Waals surface area contributed by atoms with Gasteiger partial charge in [-0.25, -0.2) is 0 Å². The SMILES string of the molecule is CC(C)(C)NC(=O)CNc1cc(C#N)ccc1N. The zero-order valence-corrected chi connectivity index (χ0v) is 10.9. The third-order valence-corrected chi connectivity index (χ3v) is 2.14. The van der Waals surface area contributed by atoms with Crippen molar-refractivity contribution in [1.82, 2.24) is 5.32 Å². The van der Waals surface area contributed by atoms with Crippen LogP contribution in [0.15, 0.2) is 18.2 Å². The zero-order chi connectivity index (χ0) is 13.8. The van der Waals surface area contributed by atoms with E-state index in [1.807, 2.05) is 26.8 Å². The first-order valence-corrected chi connectivity index (χ1v) is 5.66. The minimum atomic E-state index is -0.265. The predicted molar refractivity (Wildman–Crippen MR) is 72.0 cm³/mol. The maximum absolute atomic E-state index is 11.6. The average molecular weight is 246 g/mol. The monoisotopic (exact) mass is 246 g/mol. The molecule has 0 aliphatic heterocycles. The molecule has 1 aromatic carbocycles. The van der Waals surface area contributed by atoms with Gasteiger partial charge in [-0.15, -0.1) is 0 Å². The van der Waals surface area contributed by atoms with Gasteiger partial charge in [0.25, 0.3) is 0 Å². The molecule has 0 saturated carbocycles. The molecular weight excluding hydrogens is 228 g/mol. The van der Waals surface area contributed by atoms with Crippen LogP contribution in [0.4, 0.5) is 11.4 Å². The summed E-state index contributed by atoms with van der Waals surface area (Å²) < 4.78 is 0. The van der Waals surface area contributed by atoms with E-state index in [9.17, 15) is 4.79 Å². The lowest BCUT2D eigenvalue weighted by atomic mass is 10.1. The number of rotatable bonds is 3. The van der Waals surface area contributed by atoms with Gasteiger partial charge in [-0.05, 0) is 39.0 Å². The Kier molecular flexibility index (Phi) is 4.16. The lowest BCUT2D eigenvalue weighted by Crippen LogP contribution is -2.43. The van der Waals surface area contributed by atoms with Crippen LogP contribution in [0.5, 0.6) is 0 Å². The molecule has 1 amide bonds. The molecule has 0 bridgehead atoms. The fourth-order valence-electron chi connectivity index (χ4n) is 1.42. The van der Waals surface area contributed by atoms with E-state index in [1.165, 1.54) is 0 Å². The molecule has 18 heavy (non-hydrogen) atoms. The highest BCUT2D eigenvalue weighted by Gasteiger charge is 2.13. The maximum atomic E-state index is 11.6. The Balaban J connectivity index is 2.64. The molecule has 4 N–H and O–H groups in total. The van der Waals surface area contributed by atoms with Crippen LogP contribution in [-0.4, -0.2) is 18.0 Å². The molecule has 0 heterocycles. The van der Waals surface area contributed by atoms with Crippen molar-refractivity contribution in [3.05, 3.63) is 23.8 Å². The number of hydrogen-bond acceptors (Lipinski definition) is 4. The van der Waals surface area contributed by atoms with Gasteiger partial charge >= 0.3 is 0 Å².